The first-order chi connectivity index (χ1) is 18.7. The minimum atomic E-state index is -0.523. The van der Waals surface area contributed by atoms with Gasteiger partial charge in [-0.15, -0.1) is 10.2 Å². The summed E-state index contributed by atoms with van der Waals surface area (Å²) in [5.41, 5.74) is 2.77. The summed E-state index contributed by atoms with van der Waals surface area (Å²) in [5, 5.41) is 16.7. The second-order valence-electron chi connectivity index (χ2n) is 8.86. The molecule has 9 nitrogen and oxygen atoms in total. The van der Waals surface area contributed by atoms with E-state index in [4.69, 9.17) is 14.2 Å². The summed E-state index contributed by atoms with van der Waals surface area (Å²) in [6.07, 6.45) is 7.10. The summed E-state index contributed by atoms with van der Waals surface area (Å²) in [4.78, 5) is 12.6. The Bertz CT molecular complexity index is 1340. The molecule has 1 aromatic heterocycles. The van der Waals surface area contributed by atoms with Crippen LogP contribution in [0.2, 0.25) is 0 Å². The van der Waals surface area contributed by atoms with Gasteiger partial charge in [-0.3, -0.25) is 4.79 Å². The Morgan fingerprint density at radius 2 is 1.89 bits per heavy atom. The molecule has 0 aliphatic carbocycles. The number of para-hydroxylation sites is 1. The number of hydrogen-bond acceptors (Lipinski definition) is 7. The van der Waals surface area contributed by atoms with Crippen LogP contribution in [-0.2, 0) is 11.2 Å². The lowest BCUT2D eigenvalue weighted by molar-refractivity contribution is -0.111. The number of nitrogens with one attached hydrogen (secondary N) is 2. The fourth-order valence-electron chi connectivity index (χ4n) is 4.09. The molecule has 38 heavy (non-hydrogen) atoms. The molecule has 1 unspecified atom stereocenters. The van der Waals surface area contributed by atoms with E-state index in [0.717, 1.165) is 37.0 Å². The highest BCUT2D eigenvalue weighted by Crippen LogP contribution is 2.41. The molecular weight excluding hydrogens is 482 g/mol. The summed E-state index contributed by atoms with van der Waals surface area (Å²) in [7, 11) is 0. The Labute approximate surface area is 220 Å². The molecule has 0 saturated carbocycles. The van der Waals surface area contributed by atoms with Gasteiger partial charge >= 0.3 is 0 Å². The molecule has 5 rings (SSSR count). The number of amides is 1. The van der Waals surface area contributed by atoms with Crippen LogP contribution in [0.25, 0.3) is 6.08 Å². The number of carbonyl (C=O) groups excluding carboxylic acids is 1. The molecule has 3 aromatic carbocycles. The number of rotatable bonds is 11. The Morgan fingerprint density at radius 3 is 2.71 bits per heavy atom. The van der Waals surface area contributed by atoms with Crippen molar-refractivity contribution in [2.75, 3.05) is 18.5 Å². The average molecular weight is 512 g/mol. The lowest BCUT2D eigenvalue weighted by atomic mass is 10.1. The summed E-state index contributed by atoms with van der Waals surface area (Å²) in [6.45, 7) is 0.935. The third kappa shape index (κ3) is 6.76. The van der Waals surface area contributed by atoms with Gasteiger partial charge in [-0.2, -0.15) is 5.21 Å². The van der Waals surface area contributed by atoms with Gasteiger partial charge in [0.1, 0.15) is 12.4 Å². The predicted octanol–water partition coefficient (Wildman–Crippen LogP) is 5.16. The van der Waals surface area contributed by atoms with Crippen LogP contribution in [0.1, 0.15) is 42.3 Å². The first-order valence-electron chi connectivity index (χ1n) is 12.7. The maximum Gasteiger partial charge on any atom is 0.248 e. The standard InChI is InChI=1S/C29H29N5O4/c35-27(30-24-11-7-12-25-28(24)38-26(20-37-25)29-31-33-34-32-29)18-15-22-13-16-23(17-14-22)36-19-6-2-5-10-21-8-3-1-4-9-21/h1,3-4,7-9,11-18,26H,2,5-6,10,19-20H2,(H,30,35)(H,31,32,33,34). The second-order valence-corrected chi connectivity index (χ2v) is 8.86. The third-order valence-corrected chi connectivity index (χ3v) is 6.07. The van der Waals surface area contributed by atoms with E-state index >= 15 is 0 Å². The zero-order valence-corrected chi connectivity index (χ0v) is 20.9. The Kier molecular flexibility index (Phi) is 8.25. The molecule has 2 heterocycles. The highest BCUT2D eigenvalue weighted by atomic mass is 16.6. The molecule has 1 aliphatic heterocycles. The molecule has 0 spiro atoms. The quantitative estimate of drug-likeness (QED) is 0.211. The van der Waals surface area contributed by atoms with Crippen molar-refractivity contribution in [2.24, 2.45) is 0 Å². The first kappa shape index (κ1) is 25.0. The lowest BCUT2D eigenvalue weighted by Crippen LogP contribution is -2.24. The number of unbranched alkanes of at least 4 members (excludes halogenated alkanes) is 2. The predicted molar refractivity (Wildman–Crippen MR) is 143 cm³/mol. The maximum atomic E-state index is 12.6. The zero-order chi connectivity index (χ0) is 26.0. The van der Waals surface area contributed by atoms with E-state index in [1.807, 2.05) is 30.3 Å². The van der Waals surface area contributed by atoms with Gasteiger partial charge in [0.2, 0.25) is 11.7 Å². The number of aromatic amines is 1. The summed E-state index contributed by atoms with van der Waals surface area (Å²) in [6, 6.07) is 23.5. The molecule has 4 aromatic rings. The number of benzene rings is 3. The number of aromatic nitrogens is 4. The van der Waals surface area contributed by atoms with Crippen LogP contribution in [0, 0.1) is 0 Å². The van der Waals surface area contributed by atoms with E-state index in [0.29, 0.717) is 29.6 Å². The highest BCUT2D eigenvalue weighted by molar-refractivity contribution is 6.03. The fraction of sp³-hybridized carbons (Fsp3) is 0.241. The number of ether oxygens (including phenoxy) is 3. The van der Waals surface area contributed by atoms with Crippen molar-refractivity contribution in [1.29, 1.82) is 0 Å². The van der Waals surface area contributed by atoms with Crippen molar-refractivity contribution in [3.05, 3.63) is 95.8 Å². The SMILES string of the molecule is O=C(C=Cc1ccc(OCCCCCc2ccccc2)cc1)Nc1cccc2c1OC(c1nn[nH]n1)CO2. The molecule has 2 N–H and O–H groups in total. The number of hydrogen-bond donors (Lipinski definition) is 2. The molecule has 9 heteroatoms. The maximum absolute atomic E-state index is 12.6. The average Bonchev–Trinajstić information content (AvgIpc) is 3.50. The number of fused-ring (bicyclic) bond motifs is 1. The molecule has 0 fully saturated rings. The second kappa shape index (κ2) is 12.5. The third-order valence-electron chi connectivity index (χ3n) is 6.07. The first-order valence-corrected chi connectivity index (χ1v) is 12.7. The van der Waals surface area contributed by atoms with E-state index in [1.165, 1.54) is 11.6 Å². The van der Waals surface area contributed by atoms with Crippen molar-refractivity contribution >= 4 is 17.7 Å². The molecule has 1 aliphatic rings. The molecule has 0 bridgehead atoms. The van der Waals surface area contributed by atoms with E-state index in [1.54, 1.807) is 24.3 Å². The Hall–Kier alpha value is -4.66. The van der Waals surface area contributed by atoms with Crippen molar-refractivity contribution < 1.29 is 19.0 Å². The van der Waals surface area contributed by atoms with Crippen LogP contribution in [0.4, 0.5) is 5.69 Å². The fourth-order valence-corrected chi connectivity index (χ4v) is 4.09. The zero-order valence-electron chi connectivity index (χ0n) is 20.9. The van der Waals surface area contributed by atoms with E-state index in [9.17, 15) is 4.79 Å². The van der Waals surface area contributed by atoms with Crippen molar-refractivity contribution in [3.63, 3.8) is 0 Å². The van der Waals surface area contributed by atoms with Gasteiger partial charge in [0.15, 0.2) is 17.6 Å². The molecule has 194 valence electrons. The number of carbonyl (C=O) groups is 1. The molecule has 1 atom stereocenters. The van der Waals surface area contributed by atoms with Crippen LogP contribution < -0.4 is 19.5 Å². The van der Waals surface area contributed by atoms with E-state index < -0.39 is 6.10 Å². The van der Waals surface area contributed by atoms with Crippen LogP contribution in [0.3, 0.4) is 0 Å². The number of anilines is 1. The number of H-pyrrole nitrogens is 1. The smallest absolute Gasteiger partial charge is 0.248 e. The molecule has 1 amide bonds. The van der Waals surface area contributed by atoms with Gasteiger partial charge in [0.05, 0.1) is 12.3 Å². The summed E-state index contributed by atoms with van der Waals surface area (Å²) in [5.74, 6) is 1.88. The van der Waals surface area contributed by atoms with Crippen molar-refractivity contribution in [3.8, 4) is 17.2 Å². The summed E-state index contributed by atoms with van der Waals surface area (Å²) < 4.78 is 17.6. The number of tetrazole rings is 1. The minimum absolute atomic E-state index is 0.248. The van der Waals surface area contributed by atoms with Crippen LogP contribution in [0.15, 0.2) is 78.9 Å². The molecule has 0 saturated heterocycles. The van der Waals surface area contributed by atoms with Crippen LogP contribution in [0.5, 0.6) is 17.2 Å². The summed E-state index contributed by atoms with van der Waals surface area (Å²) >= 11 is 0. The van der Waals surface area contributed by atoms with Crippen LogP contribution >= 0.6 is 0 Å². The van der Waals surface area contributed by atoms with Gasteiger partial charge in [-0.05, 0) is 67.2 Å². The van der Waals surface area contributed by atoms with Gasteiger partial charge < -0.3 is 19.5 Å². The monoisotopic (exact) mass is 511 g/mol. The Morgan fingerprint density at radius 1 is 1.03 bits per heavy atom. The number of aryl methyl sites for hydroxylation is 1. The van der Waals surface area contributed by atoms with Gasteiger partial charge in [-0.25, -0.2) is 0 Å². The largest absolute Gasteiger partial charge is 0.494 e. The van der Waals surface area contributed by atoms with E-state index in [2.05, 4.69) is 50.2 Å². The van der Waals surface area contributed by atoms with E-state index in [-0.39, 0.29) is 12.5 Å². The van der Waals surface area contributed by atoms with Gasteiger partial charge in [0, 0.05) is 6.08 Å². The van der Waals surface area contributed by atoms with Crippen molar-refractivity contribution in [1.82, 2.24) is 20.6 Å². The van der Waals surface area contributed by atoms with Gasteiger partial charge in [0.25, 0.3) is 0 Å². The number of nitrogens with zero attached hydrogens (tertiary/aromatic N) is 3. The highest BCUT2D eigenvalue weighted by Gasteiger charge is 2.28. The normalized spacial score (nSPS) is 14.4. The molecular formula is C29H29N5O4. The topological polar surface area (TPSA) is 111 Å². The van der Waals surface area contributed by atoms with Crippen LogP contribution in [-0.4, -0.2) is 39.7 Å². The lowest BCUT2D eigenvalue weighted by Gasteiger charge is -2.26. The van der Waals surface area contributed by atoms with Gasteiger partial charge in [-0.1, -0.05) is 53.7 Å². The van der Waals surface area contributed by atoms with Crippen molar-refractivity contribution in [2.45, 2.75) is 31.8 Å². The molecule has 0 radical (unpaired) electrons. The Balaban J connectivity index is 1.07. The minimum Gasteiger partial charge on any atom is -0.494 e.